The third-order valence-electron chi connectivity index (χ3n) is 10.5. The molecule has 192 valence electrons. The molecule has 0 radical (unpaired) electrons. The van der Waals surface area contributed by atoms with Crippen LogP contribution in [0, 0.1) is 28.6 Å². The van der Waals surface area contributed by atoms with E-state index >= 15 is 0 Å². The van der Waals surface area contributed by atoms with Crippen molar-refractivity contribution in [2.24, 2.45) is 28.6 Å². The molecule has 0 aliphatic heterocycles. The Morgan fingerprint density at radius 2 is 1.88 bits per heavy atom. The highest BCUT2D eigenvalue weighted by atomic mass is 16.3. The number of hydrogen-bond donors (Lipinski definition) is 6. The maximum Gasteiger partial charge on any atom is 0.159 e. The highest BCUT2D eigenvalue weighted by molar-refractivity contribution is 5.95. The average molecular weight is 479 g/mol. The normalized spacial score (nSPS) is 46.6. The monoisotopic (exact) mass is 478 g/mol. The number of ketones is 1. The van der Waals surface area contributed by atoms with Crippen LogP contribution in [0.1, 0.15) is 72.1 Å². The lowest BCUT2D eigenvalue weighted by atomic mass is 9.45. The van der Waals surface area contributed by atoms with E-state index in [4.69, 9.17) is 0 Å². The van der Waals surface area contributed by atoms with Gasteiger partial charge in [0.05, 0.1) is 36.1 Å². The Kier molecular flexibility index (Phi) is 6.49. The molecule has 0 aromatic carbocycles. The van der Waals surface area contributed by atoms with E-state index in [0.717, 1.165) is 0 Å². The van der Waals surface area contributed by atoms with Gasteiger partial charge in [0.1, 0.15) is 0 Å². The predicted molar refractivity (Wildman–Crippen MR) is 127 cm³/mol. The van der Waals surface area contributed by atoms with Gasteiger partial charge in [-0.25, -0.2) is 0 Å². The van der Waals surface area contributed by atoms with Crippen molar-refractivity contribution in [1.29, 1.82) is 0 Å². The van der Waals surface area contributed by atoms with Gasteiger partial charge >= 0.3 is 0 Å². The molecule has 4 rings (SSSR count). The molecular formula is C27H42O7. The minimum Gasteiger partial charge on any atom is -0.392 e. The molecule has 0 aromatic heterocycles. The predicted octanol–water partition coefficient (Wildman–Crippen LogP) is 1.63. The first kappa shape index (κ1) is 26.0. The van der Waals surface area contributed by atoms with Gasteiger partial charge in [-0.15, -0.1) is 0 Å². The van der Waals surface area contributed by atoms with Crippen LogP contribution in [0.4, 0.5) is 0 Å². The third kappa shape index (κ3) is 3.58. The van der Waals surface area contributed by atoms with Gasteiger partial charge in [-0.2, -0.15) is 0 Å². The van der Waals surface area contributed by atoms with Gasteiger partial charge in [-0.1, -0.05) is 26.0 Å². The molecule has 4 aliphatic carbocycles. The quantitative estimate of drug-likeness (QED) is 0.319. The van der Waals surface area contributed by atoms with Crippen LogP contribution < -0.4 is 0 Å². The summed E-state index contributed by atoms with van der Waals surface area (Å²) < 4.78 is 0. The largest absolute Gasteiger partial charge is 0.392 e. The number of hydrogen-bond acceptors (Lipinski definition) is 7. The Labute approximate surface area is 202 Å². The van der Waals surface area contributed by atoms with Crippen LogP contribution in [0.2, 0.25) is 0 Å². The van der Waals surface area contributed by atoms with Crippen LogP contribution in [-0.4, -0.2) is 72.5 Å². The summed E-state index contributed by atoms with van der Waals surface area (Å²) in [4.78, 5) is 13.2. The molecule has 4 aliphatic rings. The lowest BCUT2D eigenvalue weighted by Gasteiger charge is -2.60. The van der Waals surface area contributed by atoms with Crippen molar-refractivity contribution in [3.63, 3.8) is 0 Å². The van der Waals surface area contributed by atoms with Gasteiger partial charge in [-0.05, 0) is 87.2 Å². The van der Waals surface area contributed by atoms with Crippen molar-refractivity contribution < 1.29 is 35.4 Å². The second-order valence-electron chi connectivity index (χ2n) is 12.3. The standard InChI is InChI=1S/C27H42O7/c1-15(14-28)5-6-23(32)26(4,33)22-8-10-27(34)17-11-19(29)18-12-20(30)21(31)13-24(18,2)16(17)7-9-25(22,27)3/h11,16,18,20-23,28,30-34H,1,5-10,12-14H2,2-4H3/t16-,18-,20+,21-,22-,23+,24+,25+,26+,27+/m0/s1. The fourth-order valence-electron chi connectivity index (χ4n) is 8.25. The maximum atomic E-state index is 13.2. The Bertz CT molecular complexity index is 880. The number of carbonyl (C=O) groups is 1. The minimum absolute atomic E-state index is 0.0862. The van der Waals surface area contributed by atoms with Crippen molar-refractivity contribution in [2.75, 3.05) is 6.61 Å². The zero-order chi connectivity index (χ0) is 25.3. The highest BCUT2D eigenvalue weighted by Gasteiger charge is 2.69. The molecular weight excluding hydrogens is 436 g/mol. The average Bonchev–Trinajstić information content (AvgIpc) is 3.06. The van der Waals surface area contributed by atoms with E-state index in [-0.39, 0.29) is 43.0 Å². The summed E-state index contributed by atoms with van der Waals surface area (Å²) in [6.07, 6.45) is 2.19. The van der Waals surface area contributed by atoms with Gasteiger partial charge in [0.25, 0.3) is 0 Å². The topological polar surface area (TPSA) is 138 Å². The van der Waals surface area contributed by atoms with E-state index in [0.29, 0.717) is 49.7 Å². The van der Waals surface area contributed by atoms with E-state index < -0.39 is 40.3 Å². The molecule has 6 N–H and O–H groups in total. The Morgan fingerprint density at radius 1 is 1.21 bits per heavy atom. The van der Waals surface area contributed by atoms with Gasteiger partial charge in [0, 0.05) is 11.3 Å². The third-order valence-corrected chi connectivity index (χ3v) is 10.5. The summed E-state index contributed by atoms with van der Waals surface area (Å²) in [6.45, 7) is 9.20. The molecule has 7 nitrogen and oxygen atoms in total. The summed E-state index contributed by atoms with van der Waals surface area (Å²) in [6, 6.07) is 0. The number of allylic oxidation sites excluding steroid dienone is 1. The summed E-state index contributed by atoms with van der Waals surface area (Å²) >= 11 is 0. The van der Waals surface area contributed by atoms with E-state index in [1.54, 1.807) is 13.0 Å². The molecule has 0 aromatic rings. The maximum absolute atomic E-state index is 13.2. The van der Waals surface area contributed by atoms with Gasteiger partial charge in [0.2, 0.25) is 0 Å². The van der Waals surface area contributed by atoms with E-state index in [2.05, 4.69) is 6.58 Å². The number of carbonyl (C=O) groups excluding carboxylic acids is 1. The molecule has 0 heterocycles. The van der Waals surface area contributed by atoms with Crippen molar-refractivity contribution in [1.82, 2.24) is 0 Å². The first-order chi connectivity index (χ1) is 15.7. The highest BCUT2D eigenvalue weighted by Crippen LogP contribution is 2.68. The van der Waals surface area contributed by atoms with Gasteiger partial charge < -0.3 is 30.6 Å². The molecule has 0 bridgehead atoms. The fourth-order valence-corrected chi connectivity index (χ4v) is 8.25. The van der Waals surface area contributed by atoms with Crippen LogP contribution in [0.3, 0.4) is 0 Å². The second kappa shape index (κ2) is 8.49. The Morgan fingerprint density at radius 3 is 2.53 bits per heavy atom. The first-order valence-corrected chi connectivity index (χ1v) is 12.7. The summed E-state index contributed by atoms with van der Waals surface area (Å²) in [5, 5.41) is 64.5. The van der Waals surface area contributed by atoms with Crippen molar-refractivity contribution in [2.45, 2.75) is 102 Å². The summed E-state index contributed by atoms with van der Waals surface area (Å²) in [5.41, 5.74) is -2.72. The minimum atomic E-state index is -1.46. The van der Waals surface area contributed by atoms with E-state index in [9.17, 15) is 35.4 Å². The van der Waals surface area contributed by atoms with Crippen LogP contribution in [0.5, 0.6) is 0 Å². The number of aliphatic hydroxyl groups excluding tert-OH is 4. The van der Waals surface area contributed by atoms with E-state index in [1.165, 1.54) is 0 Å². The number of fused-ring (bicyclic) bond motifs is 5. The zero-order valence-electron chi connectivity index (χ0n) is 20.7. The van der Waals surface area contributed by atoms with Crippen LogP contribution in [0.15, 0.2) is 23.8 Å². The molecule has 34 heavy (non-hydrogen) atoms. The van der Waals surface area contributed by atoms with Crippen LogP contribution >= 0.6 is 0 Å². The molecule has 0 amide bonds. The lowest BCUT2D eigenvalue weighted by molar-refractivity contribution is -0.175. The summed E-state index contributed by atoms with van der Waals surface area (Å²) in [5.74, 6) is -0.954. The molecule has 0 saturated heterocycles. The SMILES string of the molecule is C=C(CO)CC[C@@H](O)[C@](C)(O)[C@H]1CC[C@@]2(O)C3=CC(=O)[C@@H]4C[C@@H](O)[C@@H](O)C[C@]4(C)[C@H]3CC[C@]12C. The van der Waals surface area contributed by atoms with Crippen LogP contribution in [0.25, 0.3) is 0 Å². The Balaban J connectivity index is 1.66. The van der Waals surface area contributed by atoms with Gasteiger partial charge in [-0.3, -0.25) is 4.79 Å². The van der Waals surface area contributed by atoms with E-state index in [1.807, 2.05) is 13.8 Å². The lowest BCUT2D eigenvalue weighted by Crippen LogP contribution is -2.62. The fraction of sp³-hybridized carbons (Fsp3) is 0.815. The zero-order valence-corrected chi connectivity index (χ0v) is 20.7. The molecule has 7 heteroatoms. The second-order valence-corrected chi connectivity index (χ2v) is 12.3. The van der Waals surface area contributed by atoms with Crippen molar-refractivity contribution >= 4 is 5.78 Å². The van der Waals surface area contributed by atoms with Crippen molar-refractivity contribution in [3.8, 4) is 0 Å². The first-order valence-electron chi connectivity index (χ1n) is 12.7. The summed E-state index contributed by atoms with van der Waals surface area (Å²) in [7, 11) is 0. The molecule has 3 fully saturated rings. The molecule has 10 atom stereocenters. The molecule has 0 spiro atoms. The Hall–Kier alpha value is -1.09. The smallest absolute Gasteiger partial charge is 0.159 e. The van der Waals surface area contributed by atoms with Gasteiger partial charge in [0.15, 0.2) is 5.78 Å². The number of aliphatic hydroxyl groups is 6. The van der Waals surface area contributed by atoms with Crippen LogP contribution in [-0.2, 0) is 4.79 Å². The van der Waals surface area contributed by atoms with Crippen molar-refractivity contribution in [3.05, 3.63) is 23.8 Å². The molecule has 3 saturated carbocycles. The number of rotatable bonds is 6. The molecule has 0 unspecified atom stereocenters.